The molecule has 1 N–H and O–H groups in total. The molecule has 0 bridgehead atoms. The van der Waals surface area contributed by atoms with Crippen molar-refractivity contribution in [2.45, 2.75) is 0 Å². The van der Waals surface area contributed by atoms with Crippen LogP contribution < -0.4 is 0 Å². The van der Waals surface area contributed by atoms with Crippen molar-refractivity contribution in [3.8, 4) is 27.6 Å². The van der Waals surface area contributed by atoms with Crippen molar-refractivity contribution in [3.05, 3.63) is 59.5 Å². The number of hydrogen-bond acceptors (Lipinski definition) is 3. The third kappa shape index (κ3) is 2.53. The molecule has 0 fully saturated rings. The van der Waals surface area contributed by atoms with Gasteiger partial charge in [0.25, 0.3) is 0 Å². The highest BCUT2D eigenvalue weighted by Crippen LogP contribution is 2.30. The Bertz CT molecular complexity index is 733. The summed E-state index contributed by atoms with van der Waals surface area (Å²) in [7, 11) is 0. The Morgan fingerprint density at radius 2 is 1.55 bits per heavy atom. The molecular weight excluding hydrogens is 280 g/mol. The second kappa shape index (κ2) is 5.02. The van der Waals surface area contributed by atoms with Gasteiger partial charge in [-0.2, -0.15) is 0 Å². The number of thiazole rings is 1. The number of nitrogens with zero attached hydrogens (tertiary/aromatic N) is 1. The number of aromatic hydroxyl groups is 1. The molecule has 2 aromatic carbocycles. The van der Waals surface area contributed by atoms with Crippen LogP contribution in [0.4, 0.5) is 8.78 Å². The Morgan fingerprint density at radius 1 is 0.900 bits per heavy atom. The third-order valence-corrected chi connectivity index (χ3v) is 3.67. The van der Waals surface area contributed by atoms with Crippen LogP contribution in [0.5, 0.6) is 5.75 Å². The van der Waals surface area contributed by atoms with Crippen molar-refractivity contribution in [1.29, 1.82) is 0 Å². The molecule has 0 saturated heterocycles. The first kappa shape index (κ1) is 12.7. The standard InChI is InChI=1S/C15H9F2NOS/c16-11-5-10(6-12(17)7-11)14-8-20-15(18-14)9-1-3-13(19)4-2-9/h1-8,19H. The predicted octanol–water partition coefficient (Wildman–Crippen LogP) is 4.46. The highest BCUT2D eigenvalue weighted by Gasteiger charge is 2.09. The lowest BCUT2D eigenvalue weighted by atomic mass is 10.1. The molecule has 0 radical (unpaired) electrons. The van der Waals surface area contributed by atoms with Gasteiger partial charge in [0.05, 0.1) is 5.69 Å². The van der Waals surface area contributed by atoms with Gasteiger partial charge in [0.2, 0.25) is 0 Å². The summed E-state index contributed by atoms with van der Waals surface area (Å²) >= 11 is 1.38. The molecule has 0 atom stereocenters. The van der Waals surface area contributed by atoms with Crippen LogP contribution in [0.25, 0.3) is 21.8 Å². The molecule has 0 aliphatic rings. The van der Waals surface area contributed by atoms with E-state index in [9.17, 15) is 13.9 Å². The first-order valence-corrected chi connectivity index (χ1v) is 6.71. The second-order valence-corrected chi connectivity index (χ2v) is 5.10. The van der Waals surface area contributed by atoms with Crippen LogP contribution in [0, 0.1) is 11.6 Å². The van der Waals surface area contributed by atoms with Crippen LogP contribution >= 0.6 is 11.3 Å². The lowest BCUT2D eigenvalue weighted by molar-refractivity contribution is 0.475. The van der Waals surface area contributed by atoms with E-state index < -0.39 is 11.6 Å². The maximum atomic E-state index is 13.2. The minimum Gasteiger partial charge on any atom is -0.508 e. The molecule has 2 nitrogen and oxygen atoms in total. The fourth-order valence-electron chi connectivity index (χ4n) is 1.84. The molecule has 1 heterocycles. The molecule has 0 aliphatic heterocycles. The molecule has 0 saturated carbocycles. The quantitative estimate of drug-likeness (QED) is 0.755. The highest BCUT2D eigenvalue weighted by atomic mass is 32.1. The average molecular weight is 289 g/mol. The zero-order chi connectivity index (χ0) is 14.1. The molecule has 100 valence electrons. The summed E-state index contributed by atoms with van der Waals surface area (Å²) in [5, 5.41) is 11.7. The van der Waals surface area contributed by atoms with E-state index in [4.69, 9.17) is 0 Å². The second-order valence-electron chi connectivity index (χ2n) is 4.24. The zero-order valence-electron chi connectivity index (χ0n) is 10.2. The van der Waals surface area contributed by atoms with Crippen LogP contribution in [-0.2, 0) is 0 Å². The van der Waals surface area contributed by atoms with Gasteiger partial charge in [0, 0.05) is 22.6 Å². The van der Waals surface area contributed by atoms with E-state index in [1.807, 2.05) is 0 Å². The van der Waals surface area contributed by atoms with Gasteiger partial charge in [-0.1, -0.05) is 0 Å². The summed E-state index contributed by atoms with van der Waals surface area (Å²) in [4.78, 5) is 4.37. The lowest BCUT2D eigenvalue weighted by Gasteiger charge is -1.98. The number of phenolic OH excluding ortho intramolecular Hbond substituents is 1. The van der Waals surface area contributed by atoms with Gasteiger partial charge >= 0.3 is 0 Å². The summed E-state index contributed by atoms with van der Waals surface area (Å²) in [6.07, 6.45) is 0. The lowest BCUT2D eigenvalue weighted by Crippen LogP contribution is -1.84. The average Bonchev–Trinajstić information content (AvgIpc) is 2.88. The maximum Gasteiger partial charge on any atom is 0.126 e. The monoisotopic (exact) mass is 289 g/mol. The summed E-state index contributed by atoms with van der Waals surface area (Å²) < 4.78 is 26.4. The fraction of sp³-hybridized carbons (Fsp3) is 0. The van der Waals surface area contributed by atoms with E-state index in [2.05, 4.69) is 4.98 Å². The van der Waals surface area contributed by atoms with Crippen molar-refractivity contribution in [1.82, 2.24) is 4.98 Å². The van der Waals surface area contributed by atoms with E-state index in [1.54, 1.807) is 29.6 Å². The van der Waals surface area contributed by atoms with Crippen LogP contribution in [0.1, 0.15) is 0 Å². The molecule has 0 unspecified atom stereocenters. The van der Waals surface area contributed by atoms with Gasteiger partial charge in [-0.3, -0.25) is 0 Å². The summed E-state index contributed by atoms with van der Waals surface area (Å²) in [6.45, 7) is 0. The first-order valence-electron chi connectivity index (χ1n) is 5.83. The summed E-state index contributed by atoms with van der Waals surface area (Å²) in [5.41, 5.74) is 1.77. The minimum atomic E-state index is -0.626. The van der Waals surface area contributed by atoms with Gasteiger partial charge < -0.3 is 5.11 Å². The molecule has 5 heteroatoms. The normalized spacial score (nSPS) is 10.7. The molecule has 1 aromatic heterocycles. The number of rotatable bonds is 2. The van der Waals surface area contributed by atoms with E-state index >= 15 is 0 Å². The van der Waals surface area contributed by atoms with Crippen molar-refractivity contribution >= 4 is 11.3 Å². The van der Waals surface area contributed by atoms with Crippen LogP contribution in [-0.4, -0.2) is 10.1 Å². The van der Waals surface area contributed by atoms with E-state index in [1.165, 1.54) is 23.5 Å². The topological polar surface area (TPSA) is 33.1 Å². The van der Waals surface area contributed by atoms with E-state index in [-0.39, 0.29) is 5.75 Å². The molecule has 20 heavy (non-hydrogen) atoms. The Morgan fingerprint density at radius 3 is 2.20 bits per heavy atom. The highest BCUT2D eigenvalue weighted by molar-refractivity contribution is 7.13. The van der Waals surface area contributed by atoms with Crippen molar-refractivity contribution in [3.63, 3.8) is 0 Å². The van der Waals surface area contributed by atoms with E-state index in [0.29, 0.717) is 11.3 Å². The third-order valence-electron chi connectivity index (χ3n) is 2.78. The Hall–Kier alpha value is -2.27. The van der Waals surface area contributed by atoms with Crippen molar-refractivity contribution in [2.75, 3.05) is 0 Å². The van der Waals surface area contributed by atoms with Crippen LogP contribution in [0.2, 0.25) is 0 Å². The largest absolute Gasteiger partial charge is 0.508 e. The predicted molar refractivity (Wildman–Crippen MR) is 74.6 cm³/mol. The number of phenols is 1. The van der Waals surface area contributed by atoms with Crippen molar-refractivity contribution in [2.24, 2.45) is 0 Å². The number of aromatic nitrogens is 1. The van der Waals surface area contributed by atoms with Gasteiger partial charge in [0.15, 0.2) is 0 Å². The Kier molecular flexibility index (Phi) is 3.20. The fourth-order valence-corrected chi connectivity index (χ4v) is 2.68. The SMILES string of the molecule is Oc1ccc(-c2nc(-c3cc(F)cc(F)c3)cs2)cc1. The van der Waals surface area contributed by atoms with Gasteiger partial charge in [-0.25, -0.2) is 13.8 Å². The van der Waals surface area contributed by atoms with Crippen LogP contribution in [0.15, 0.2) is 47.8 Å². The van der Waals surface area contributed by atoms with Gasteiger partial charge in [0.1, 0.15) is 22.4 Å². The van der Waals surface area contributed by atoms with Crippen molar-refractivity contribution < 1.29 is 13.9 Å². The summed E-state index contributed by atoms with van der Waals surface area (Å²) in [6, 6.07) is 9.94. The molecule has 0 aliphatic carbocycles. The van der Waals surface area contributed by atoms with E-state index in [0.717, 1.165) is 16.6 Å². The van der Waals surface area contributed by atoms with Gasteiger partial charge in [-0.15, -0.1) is 11.3 Å². The molecule has 3 aromatic rings. The number of hydrogen-bond donors (Lipinski definition) is 1. The summed E-state index contributed by atoms with van der Waals surface area (Å²) in [5.74, 6) is -1.07. The number of benzene rings is 2. The Balaban J connectivity index is 1.99. The molecule has 3 rings (SSSR count). The van der Waals surface area contributed by atoms with Crippen LogP contribution in [0.3, 0.4) is 0 Å². The first-order chi connectivity index (χ1) is 9.61. The minimum absolute atomic E-state index is 0.178. The number of halogens is 2. The van der Waals surface area contributed by atoms with Gasteiger partial charge in [-0.05, 0) is 36.4 Å². The molecule has 0 spiro atoms. The maximum absolute atomic E-state index is 13.2. The Labute approximate surface area is 118 Å². The smallest absolute Gasteiger partial charge is 0.126 e. The molecular formula is C15H9F2NOS. The zero-order valence-corrected chi connectivity index (χ0v) is 11.0. The molecule has 0 amide bonds.